The van der Waals surface area contributed by atoms with Gasteiger partial charge in [0.2, 0.25) is 0 Å². The number of carbonyl (C=O) groups excluding carboxylic acids is 2. The summed E-state index contributed by atoms with van der Waals surface area (Å²) in [5, 5.41) is 0. The summed E-state index contributed by atoms with van der Waals surface area (Å²) in [5.74, 6) is -0.140. The molecule has 3 heteroatoms. The summed E-state index contributed by atoms with van der Waals surface area (Å²) in [6, 6.07) is 0. The number of allylic oxidation sites excluding steroid dienone is 3. The highest BCUT2D eigenvalue weighted by molar-refractivity contribution is 5.87. The van der Waals surface area contributed by atoms with Gasteiger partial charge in [-0.25, -0.2) is 0 Å². The molecule has 1 aliphatic rings. The zero-order valence-electron chi connectivity index (χ0n) is 7.53. The lowest BCUT2D eigenvalue weighted by Crippen LogP contribution is -2.01. The second kappa shape index (κ2) is 4.60. The summed E-state index contributed by atoms with van der Waals surface area (Å²) in [6.45, 7) is 1.49. The van der Waals surface area contributed by atoms with E-state index in [-0.39, 0.29) is 17.9 Å². The van der Waals surface area contributed by atoms with Crippen molar-refractivity contribution in [3.63, 3.8) is 0 Å². The Morgan fingerprint density at radius 3 is 2.85 bits per heavy atom. The fourth-order valence-electron chi connectivity index (χ4n) is 1.06. The van der Waals surface area contributed by atoms with Gasteiger partial charge in [-0.3, -0.25) is 9.59 Å². The van der Waals surface area contributed by atoms with E-state index in [0.29, 0.717) is 6.42 Å². The molecule has 0 spiro atoms. The summed E-state index contributed by atoms with van der Waals surface area (Å²) in [6.07, 6.45) is 7.75. The van der Waals surface area contributed by atoms with Gasteiger partial charge in [0.25, 0.3) is 0 Å². The summed E-state index contributed by atoms with van der Waals surface area (Å²) in [5.41, 5.74) is 0. The second-order valence-corrected chi connectivity index (χ2v) is 2.92. The number of hydrogen-bond acceptors (Lipinski definition) is 3. The van der Waals surface area contributed by atoms with E-state index in [0.717, 1.165) is 6.42 Å². The fourth-order valence-corrected chi connectivity index (χ4v) is 1.06. The van der Waals surface area contributed by atoms with Crippen LogP contribution in [0.4, 0.5) is 0 Å². The Labute approximate surface area is 77.1 Å². The standard InChI is InChI=1S/C10H12O3/c1-8(11)4-2-3-5-9-6-7-10(12)13-9/h2-5,9H,6-7H2,1H3. The summed E-state index contributed by atoms with van der Waals surface area (Å²) >= 11 is 0. The third kappa shape index (κ3) is 3.69. The van der Waals surface area contributed by atoms with Crippen molar-refractivity contribution < 1.29 is 14.3 Å². The molecule has 0 saturated carbocycles. The first-order valence-corrected chi connectivity index (χ1v) is 4.23. The lowest BCUT2D eigenvalue weighted by atomic mass is 10.2. The normalized spacial score (nSPS) is 22.8. The monoisotopic (exact) mass is 180 g/mol. The smallest absolute Gasteiger partial charge is 0.306 e. The SMILES string of the molecule is CC(=O)C=CC=CC1CCC(=O)O1. The molecule has 1 atom stereocenters. The zero-order valence-corrected chi connectivity index (χ0v) is 7.53. The molecular weight excluding hydrogens is 168 g/mol. The minimum Gasteiger partial charge on any atom is -0.458 e. The van der Waals surface area contributed by atoms with Crippen molar-refractivity contribution in [3.8, 4) is 0 Å². The number of cyclic esters (lactones) is 1. The Hall–Kier alpha value is -1.38. The number of hydrogen-bond donors (Lipinski definition) is 0. The molecule has 0 aromatic heterocycles. The van der Waals surface area contributed by atoms with Gasteiger partial charge in [-0.1, -0.05) is 12.2 Å². The quantitative estimate of drug-likeness (QED) is 0.374. The van der Waals surface area contributed by atoms with Gasteiger partial charge in [0.05, 0.1) is 0 Å². The minimum atomic E-state index is -0.148. The Bertz CT molecular complexity index is 263. The maximum Gasteiger partial charge on any atom is 0.306 e. The van der Waals surface area contributed by atoms with Crippen LogP contribution in [0.2, 0.25) is 0 Å². The second-order valence-electron chi connectivity index (χ2n) is 2.92. The van der Waals surface area contributed by atoms with Crippen LogP contribution in [0.3, 0.4) is 0 Å². The first kappa shape index (κ1) is 9.71. The maximum atomic E-state index is 10.7. The molecule has 1 unspecified atom stereocenters. The van der Waals surface area contributed by atoms with Crippen LogP contribution in [0.15, 0.2) is 24.3 Å². The van der Waals surface area contributed by atoms with Gasteiger partial charge >= 0.3 is 5.97 Å². The average Bonchev–Trinajstić information content (AvgIpc) is 2.45. The molecule has 0 radical (unpaired) electrons. The number of esters is 1. The minimum absolute atomic E-state index is 0.00747. The first-order valence-electron chi connectivity index (χ1n) is 4.23. The van der Waals surface area contributed by atoms with Crippen molar-refractivity contribution in [2.75, 3.05) is 0 Å². The van der Waals surface area contributed by atoms with Crippen molar-refractivity contribution in [2.24, 2.45) is 0 Å². The Morgan fingerprint density at radius 1 is 1.54 bits per heavy atom. The van der Waals surface area contributed by atoms with Crippen LogP contribution < -0.4 is 0 Å². The van der Waals surface area contributed by atoms with Crippen molar-refractivity contribution in [2.45, 2.75) is 25.9 Å². The van der Waals surface area contributed by atoms with Crippen molar-refractivity contribution in [1.82, 2.24) is 0 Å². The van der Waals surface area contributed by atoms with Crippen molar-refractivity contribution >= 4 is 11.8 Å². The average molecular weight is 180 g/mol. The van der Waals surface area contributed by atoms with Crippen LogP contribution in [0.1, 0.15) is 19.8 Å². The van der Waals surface area contributed by atoms with Crippen LogP contribution >= 0.6 is 0 Å². The molecule has 1 heterocycles. The summed E-state index contributed by atoms with van der Waals surface area (Å²) in [4.78, 5) is 21.2. The molecule has 70 valence electrons. The number of ketones is 1. The maximum absolute atomic E-state index is 10.7. The number of ether oxygens (including phenoxy) is 1. The zero-order chi connectivity index (χ0) is 9.68. The van der Waals surface area contributed by atoms with Crippen molar-refractivity contribution in [3.05, 3.63) is 24.3 Å². The molecule has 1 rings (SSSR count). The highest BCUT2D eigenvalue weighted by Gasteiger charge is 2.19. The van der Waals surface area contributed by atoms with Gasteiger partial charge in [0, 0.05) is 6.42 Å². The highest BCUT2D eigenvalue weighted by atomic mass is 16.5. The lowest BCUT2D eigenvalue weighted by molar-refractivity contribution is -0.140. The molecule has 1 saturated heterocycles. The lowest BCUT2D eigenvalue weighted by Gasteiger charge is -1.99. The topological polar surface area (TPSA) is 43.4 Å². The van der Waals surface area contributed by atoms with E-state index >= 15 is 0 Å². The Kier molecular flexibility index (Phi) is 3.43. The van der Waals surface area contributed by atoms with Gasteiger partial charge in [-0.05, 0) is 25.5 Å². The molecule has 3 nitrogen and oxygen atoms in total. The summed E-state index contributed by atoms with van der Waals surface area (Å²) < 4.78 is 4.92. The van der Waals surface area contributed by atoms with E-state index in [9.17, 15) is 9.59 Å². The third-order valence-electron chi connectivity index (χ3n) is 1.68. The molecule has 0 N–H and O–H groups in total. The number of rotatable bonds is 3. The predicted octanol–water partition coefficient (Wildman–Crippen LogP) is 1.39. The van der Waals surface area contributed by atoms with Gasteiger partial charge in [-0.15, -0.1) is 0 Å². The van der Waals surface area contributed by atoms with Crippen LogP contribution in [-0.2, 0) is 14.3 Å². The Morgan fingerprint density at radius 2 is 2.31 bits per heavy atom. The molecule has 0 aromatic carbocycles. The van der Waals surface area contributed by atoms with E-state index in [1.54, 1.807) is 18.2 Å². The van der Waals surface area contributed by atoms with Crippen LogP contribution in [0, 0.1) is 0 Å². The van der Waals surface area contributed by atoms with Crippen molar-refractivity contribution in [1.29, 1.82) is 0 Å². The largest absolute Gasteiger partial charge is 0.458 e. The predicted molar refractivity (Wildman–Crippen MR) is 48.1 cm³/mol. The number of carbonyl (C=O) groups is 2. The van der Waals surface area contributed by atoms with E-state index < -0.39 is 0 Å². The van der Waals surface area contributed by atoms with Crippen LogP contribution in [0.25, 0.3) is 0 Å². The van der Waals surface area contributed by atoms with Crippen LogP contribution in [0.5, 0.6) is 0 Å². The molecule has 0 bridgehead atoms. The van der Waals surface area contributed by atoms with E-state index in [4.69, 9.17) is 4.74 Å². The highest BCUT2D eigenvalue weighted by Crippen LogP contribution is 2.14. The Balaban J connectivity index is 2.32. The molecule has 0 amide bonds. The van der Waals surface area contributed by atoms with Gasteiger partial charge < -0.3 is 4.74 Å². The van der Waals surface area contributed by atoms with Gasteiger partial charge in [-0.2, -0.15) is 0 Å². The summed E-state index contributed by atoms with van der Waals surface area (Å²) in [7, 11) is 0. The molecular formula is C10H12O3. The molecule has 1 fully saturated rings. The van der Waals surface area contributed by atoms with E-state index in [1.807, 2.05) is 0 Å². The van der Waals surface area contributed by atoms with Crippen LogP contribution in [-0.4, -0.2) is 17.9 Å². The molecule has 0 aliphatic carbocycles. The molecule has 13 heavy (non-hydrogen) atoms. The third-order valence-corrected chi connectivity index (χ3v) is 1.68. The molecule has 0 aromatic rings. The van der Waals surface area contributed by atoms with E-state index in [2.05, 4.69) is 0 Å². The fraction of sp³-hybridized carbons (Fsp3) is 0.400. The first-order chi connectivity index (χ1) is 6.18. The van der Waals surface area contributed by atoms with Gasteiger partial charge in [0.1, 0.15) is 6.10 Å². The molecule has 1 aliphatic heterocycles. The van der Waals surface area contributed by atoms with E-state index in [1.165, 1.54) is 13.0 Å². The van der Waals surface area contributed by atoms with Gasteiger partial charge in [0.15, 0.2) is 5.78 Å².